The van der Waals surface area contributed by atoms with Crippen molar-refractivity contribution < 1.29 is 14.6 Å². The van der Waals surface area contributed by atoms with Crippen molar-refractivity contribution in [3.05, 3.63) is 108 Å². The molecule has 1 saturated heterocycles. The molecule has 1 fully saturated rings. The Bertz CT molecular complexity index is 1240. The maximum Gasteiger partial charge on any atom is 0.225 e. The zero-order chi connectivity index (χ0) is 24.6. The highest BCUT2D eigenvalue weighted by atomic mass is 16.5. The summed E-state index contributed by atoms with van der Waals surface area (Å²) in [7, 11) is 0. The van der Waals surface area contributed by atoms with E-state index in [1.807, 2.05) is 72.8 Å². The van der Waals surface area contributed by atoms with Crippen molar-refractivity contribution in [1.29, 1.82) is 0 Å². The van der Waals surface area contributed by atoms with Crippen molar-refractivity contribution in [3.8, 4) is 22.9 Å². The van der Waals surface area contributed by atoms with Gasteiger partial charge in [-0.05, 0) is 53.6 Å². The van der Waals surface area contributed by atoms with Crippen LogP contribution in [0.3, 0.4) is 0 Å². The van der Waals surface area contributed by atoms with Crippen LogP contribution in [0.25, 0.3) is 11.1 Å². The molecule has 2 heterocycles. The first-order valence-electron chi connectivity index (χ1n) is 12.6. The highest BCUT2D eigenvalue weighted by molar-refractivity contribution is 5.72. The quantitative estimate of drug-likeness (QED) is 0.313. The van der Waals surface area contributed by atoms with Gasteiger partial charge in [0, 0.05) is 37.0 Å². The van der Waals surface area contributed by atoms with Crippen molar-refractivity contribution >= 4 is 5.69 Å². The van der Waals surface area contributed by atoms with Gasteiger partial charge in [0.15, 0.2) is 0 Å². The van der Waals surface area contributed by atoms with Gasteiger partial charge in [-0.1, -0.05) is 72.8 Å². The van der Waals surface area contributed by atoms with Crippen molar-refractivity contribution in [2.24, 2.45) is 5.92 Å². The molecule has 5 rings (SSSR count). The van der Waals surface area contributed by atoms with Crippen LogP contribution in [0, 0.1) is 5.92 Å². The fraction of sp³-hybridized carbons (Fsp3) is 0.258. The van der Waals surface area contributed by atoms with Gasteiger partial charge in [0.05, 0.1) is 0 Å². The minimum Gasteiger partial charge on any atom is -0.473 e. The normalized spacial score (nSPS) is 14.0. The summed E-state index contributed by atoms with van der Waals surface area (Å²) < 4.78 is 12.2. The van der Waals surface area contributed by atoms with E-state index in [4.69, 9.17) is 14.5 Å². The van der Waals surface area contributed by atoms with Crippen LogP contribution < -0.4 is 14.4 Å². The number of hydrogen-bond acceptors (Lipinski definition) is 5. The number of hydrogen-bond donors (Lipinski definition) is 1. The van der Waals surface area contributed by atoms with Gasteiger partial charge in [-0.2, -0.15) is 4.98 Å². The lowest BCUT2D eigenvalue weighted by Crippen LogP contribution is -2.34. The molecule has 184 valence electrons. The first-order valence-corrected chi connectivity index (χ1v) is 12.6. The lowest BCUT2D eigenvalue weighted by Gasteiger charge is -2.33. The minimum absolute atomic E-state index is 0.278. The molecule has 1 N–H and O–H groups in total. The van der Waals surface area contributed by atoms with Crippen LogP contribution in [0.1, 0.15) is 24.0 Å². The van der Waals surface area contributed by atoms with E-state index in [-0.39, 0.29) is 6.61 Å². The predicted octanol–water partition coefficient (Wildman–Crippen LogP) is 6.12. The molecule has 0 bridgehead atoms. The van der Waals surface area contributed by atoms with Gasteiger partial charge in [0.1, 0.15) is 13.2 Å². The number of aromatic nitrogens is 1. The van der Waals surface area contributed by atoms with Gasteiger partial charge in [-0.15, -0.1) is 0 Å². The van der Waals surface area contributed by atoms with E-state index in [0.29, 0.717) is 30.9 Å². The molecule has 0 radical (unpaired) electrons. The molecule has 3 aromatic carbocycles. The Balaban J connectivity index is 1.39. The van der Waals surface area contributed by atoms with Crippen LogP contribution in [-0.2, 0) is 13.2 Å². The number of nitrogens with zero attached hydrogens (tertiary/aromatic N) is 2. The predicted molar refractivity (Wildman–Crippen MR) is 143 cm³/mol. The second-order valence-electron chi connectivity index (χ2n) is 9.21. The van der Waals surface area contributed by atoms with Gasteiger partial charge in [-0.3, -0.25) is 0 Å². The average Bonchev–Trinajstić information content (AvgIpc) is 2.96. The van der Waals surface area contributed by atoms with Crippen LogP contribution in [0.15, 0.2) is 97.1 Å². The molecule has 5 heteroatoms. The number of ether oxygens (including phenoxy) is 2. The summed E-state index contributed by atoms with van der Waals surface area (Å²) in [6.45, 7) is 3.06. The summed E-state index contributed by atoms with van der Waals surface area (Å²) in [4.78, 5) is 7.15. The third-order valence-electron chi connectivity index (χ3n) is 6.68. The molecule has 0 unspecified atom stereocenters. The van der Waals surface area contributed by atoms with Crippen molar-refractivity contribution in [2.75, 3.05) is 24.6 Å². The van der Waals surface area contributed by atoms with Gasteiger partial charge in [-0.25, -0.2) is 0 Å². The van der Waals surface area contributed by atoms with Crippen LogP contribution >= 0.6 is 0 Å². The van der Waals surface area contributed by atoms with Crippen LogP contribution in [0.5, 0.6) is 11.8 Å². The first-order chi connectivity index (χ1) is 17.8. The Kier molecular flexibility index (Phi) is 7.79. The topological polar surface area (TPSA) is 54.8 Å². The molecule has 0 spiro atoms. The van der Waals surface area contributed by atoms with E-state index in [1.165, 1.54) is 5.69 Å². The Morgan fingerprint density at radius 2 is 1.42 bits per heavy atom. The molecule has 0 saturated carbocycles. The average molecular weight is 481 g/mol. The van der Waals surface area contributed by atoms with Crippen molar-refractivity contribution in [1.82, 2.24) is 4.98 Å². The third-order valence-corrected chi connectivity index (χ3v) is 6.68. The van der Waals surface area contributed by atoms with Gasteiger partial charge < -0.3 is 19.5 Å². The number of rotatable bonds is 9. The number of benzene rings is 3. The number of aliphatic hydroxyl groups is 1. The van der Waals surface area contributed by atoms with Crippen molar-refractivity contribution in [2.45, 2.75) is 26.1 Å². The largest absolute Gasteiger partial charge is 0.473 e. The number of aliphatic hydroxyl groups excluding tert-OH is 1. The van der Waals surface area contributed by atoms with Gasteiger partial charge in [0.25, 0.3) is 0 Å². The van der Waals surface area contributed by atoms with E-state index < -0.39 is 0 Å². The maximum atomic E-state index is 9.48. The highest BCUT2D eigenvalue weighted by Crippen LogP contribution is 2.34. The fourth-order valence-electron chi connectivity index (χ4n) is 4.53. The lowest BCUT2D eigenvalue weighted by atomic mass is 9.97. The molecule has 1 aliphatic rings. The van der Waals surface area contributed by atoms with Crippen LogP contribution in [0.2, 0.25) is 0 Å². The number of anilines is 1. The monoisotopic (exact) mass is 480 g/mol. The zero-order valence-corrected chi connectivity index (χ0v) is 20.4. The van der Waals surface area contributed by atoms with E-state index >= 15 is 0 Å². The van der Waals surface area contributed by atoms with E-state index in [0.717, 1.165) is 48.2 Å². The summed E-state index contributed by atoms with van der Waals surface area (Å²) in [6, 6.07) is 32.7. The lowest BCUT2D eigenvalue weighted by molar-refractivity contribution is 0.203. The minimum atomic E-state index is 0.278. The summed E-state index contributed by atoms with van der Waals surface area (Å²) in [5.74, 6) is 1.50. The molecule has 36 heavy (non-hydrogen) atoms. The Morgan fingerprint density at radius 3 is 2.08 bits per heavy atom. The van der Waals surface area contributed by atoms with Crippen LogP contribution in [0.4, 0.5) is 5.69 Å². The SMILES string of the molecule is OCC1CCN(c2cccc(-c3ccc(OCc4ccccc4)nc3OCc3ccccc3)c2)CC1. The maximum absolute atomic E-state index is 9.48. The molecule has 1 aromatic heterocycles. The zero-order valence-electron chi connectivity index (χ0n) is 20.4. The van der Waals surface area contributed by atoms with E-state index in [9.17, 15) is 5.11 Å². The fourth-order valence-corrected chi connectivity index (χ4v) is 4.53. The van der Waals surface area contributed by atoms with E-state index in [2.05, 4.69) is 29.2 Å². The molecular weight excluding hydrogens is 448 g/mol. The Hall–Kier alpha value is -3.83. The third kappa shape index (κ3) is 6.04. The van der Waals surface area contributed by atoms with Gasteiger partial charge >= 0.3 is 0 Å². The molecule has 0 aliphatic carbocycles. The van der Waals surface area contributed by atoms with Gasteiger partial charge in [0.2, 0.25) is 11.8 Å². The van der Waals surface area contributed by atoms with Crippen LogP contribution in [-0.4, -0.2) is 29.8 Å². The second-order valence-corrected chi connectivity index (χ2v) is 9.21. The summed E-state index contributed by atoms with van der Waals surface area (Å²) in [5.41, 5.74) is 5.35. The molecular formula is C31H32N2O3. The van der Waals surface area contributed by atoms with E-state index in [1.54, 1.807) is 0 Å². The summed E-state index contributed by atoms with van der Waals surface area (Å²) in [5, 5.41) is 9.48. The number of pyridine rings is 1. The molecule has 1 aliphatic heterocycles. The molecule has 0 amide bonds. The summed E-state index contributed by atoms with van der Waals surface area (Å²) >= 11 is 0. The smallest absolute Gasteiger partial charge is 0.225 e. The molecule has 0 atom stereocenters. The molecule has 4 aromatic rings. The van der Waals surface area contributed by atoms with Crippen molar-refractivity contribution in [3.63, 3.8) is 0 Å². The second kappa shape index (κ2) is 11.7. The highest BCUT2D eigenvalue weighted by Gasteiger charge is 2.19. The Morgan fingerprint density at radius 1 is 0.750 bits per heavy atom. The number of piperidine rings is 1. The first kappa shape index (κ1) is 23.9. The standard InChI is InChI=1S/C31H32N2O3/c34-21-24-16-18-33(19-17-24)28-13-7-12-27(20-28)29-14-15-30(35-22-25-8-3-1-4-9-25)32-31(29)36-23-26-10-5-2-6-11-26/h1-15,20,24,34H,16-19,21-23H2. The summed E-state index contributed by atoms with van der Waals surface area (Å²) in [6.07, 6.45) is 2.03. The Labute approximate surface area is 213 Å². The molecule has 5 nitrogen and oxygen atoms in total.